The number of hydrogen-bond donors (Lipinski definition) is 1. The Morgan fingerprint density at radius 2 is 1.55 bits per heavy atom. The molecule has 3 aromatic rings. The highest BCUT2D eigenvalue weighted by Crippen LogP contribution is 2.18. The second-order valence-corrected chi connectivity index (χ2v) is 6.86. The molecular weight excluding hydrogens is 370 g/mol. The molecule has 0 radical (unpaired) electrons. The van der Waals surface area contributed by atoms with Gasteiger partial charge in [-0.2, -0.15) is 0 Å². The van der Waals surface area contributed by atoms with E-state index in [0.29, 0.717) is 37.4 Å². The molecule has 0 atom stereocenters. The Hall–Kier alpha value is -3.68. The highest BCUT2D eigenvalue weighted by Gasteiger charge is 2.28. The molecule has 3 heterocycles. The lowest BCUT2D eigenvalue weighted by molar-refractivity contribution is -0.130. The van der Waals surface area contributed by atoms with Crippen LogP contribution in [0.25, 0.3) is 5.52 Å². The normalized spacial score (nSPS) is 14.1. The van der Waals surface area contributed by atoms with Crippen molar-refractivity contribution in [2.45, 2.75) is 6.92 Å². The van der Waals surface area contributed by atoms with Gasteiger partial charge < -0.3 is 15.1 Å². The Balaban J connectivity index is 1.61. The molecule has 2 aromatic heterocycles. The number of nitrogens with one attached hydrogen (secondary N) is 1. The number of imidazole rings is 1. The maximum Gasteiger partial charge on any atom is 0.290 e. The third-order valence-electron chi connectivity index (χ3n) is 5.00. The van der Waals surface area contributed by atoms with Gasteiger partial charge in [0, 0.05) is 45.0 Å². The Morgan fingerprint density at radius 3 is 2.24 bits per heavy atom. The molecule has 0 unspecified atom stereocenters. The Kier molecular flexibility index (Phi) is 4.99. The number of piperazine rings is 1. The van der Waals surface area contributed by atoms with Gasteiger partial charge in [-0.25, -0.2) is 4.98 Å². The van der Waals surface area contributed by atoms with Crippen molar-refractivity contribution in [3.63, 3.8) is 0 Å². The molecule has 29 heavy (non-hydrogen) atoms. The van der Waals surface area contributed by atoms with E-state index >= 15 is 0 Å². The molecule has 1 aromatic carbocycles. The topological polar surface area (TPSA) is 87.0 Å². The van der Waals surface area contributed by atoms with Gasteiger partial charge in [0.05, 0.1) is 5.52 Å². The molecule has 0 spiro atoms. The molecule has 1 fully saturated rings. The summed E-state index contributed by atoms with van der Waals surface area (Å²) >= 11 is 0. The monoisotopic (exact) mass is 391 g/mol. The predicted octanol–water partition coefficient (Wildman–Crippen LogP) is 1.89. The number of amides is 3. The average Bonchev–Trinajstić information content (AvgIpc) is 3.14. The minimum Gasteiger partial charge on any atom is -0.339 e. The Labute approximate surface area is 167 Å². The van der Waals surface area contributed by atoms with Gasteiger partial charge in [-0.15, -0.1) is 0 Å². The quantitative estimate of drug-likeness (QED) is 0.739. The number of nitrogens with zero attached hydrogens (tertiary/aromatic N) is 4. The highest BCUT2D eigenvalue weighted by molar-refractivity contribution is 6.08. The second kappa shape index (κ2) is 7.75. The van der Waals surface area contributed by atoms with Gasteiger partial charge >= 0.3 is 0 Å². The molecule has 8 heteroatoms. The number of carbonyl (C=O) groups excluding carboxylic acids is 3. The lowest BCUT2D eigenvalue weighted by Crippen LogP contribution is -2.50. The van der Waals surface area contributed by atoms with Crippen LogP contribution in [0.3, 0.4) is 0 Å². The molecular formula is C21H21N5O3. The van der Waals surface area contributed by atoms with Crippen LogP contribution in [0.15, 0.2) is 54.7 Å². The maximum atomic E-state index is 13.1. The predicted molar refractivity (Wildman–Crippen MR) is 108 cm³/mol. The van der Waals surface area contributed by atoms with E-state index in [-0.39, 0.29) is 29.2 Å². The SMILES string of the molecule is CC(=O)N1CCN(C(=O)c2nc(C(=O)Nc3ccccc3)c3ccccn23)CC1. The molecule has 0 saturated carbocycles. The first-order valence-electron chi connectivity index (χ1n) is 9.43. The van der Waals surface area contributed by atoms with Gasteiger partial charge in [-0.3, -0.25) is 18.8 Å². The van der Waals surface area contributed by atoms with Crippen molar-refractivity contribution in [2.75, 3.05) is 31.5 Å². The van der Waals surface area contributed by atoms with E-state index in [2.05, 4.69) is 10.3 Å². The molecule has 3 amide bonds. The van der Waals surface area contributed by atoms with Gasteiger partial charge in [0.2, 0.25) is 11.7 Å². The van der Waals surface area contributed by atoms with Crippen molar-refractivity contribution >= 4 is 28.9 Å². The van der Waals surface area contributed by atoms with Crippen LogP contribution in [0.2, 0.25) is 0 Å². The number of aromatic nitrogens is 2. The van der Waals surface area contributed by atoms with Crippen molar-refractivity contribution in [1.29, 1.82) is 0 Å². The number of benzene rings is 1. The molecule has 0 aliphatic carbocycles. The number of anilines is 1. The fourth-order valence-corrected chi connectivity index (χ4v) is 3.43. The summed E-state index contributed by atoms with van der Waals surface area (Å²) in [5.41, 5.74) is 1.41. The number of hydrogen-bond acceptors (Lipinski definition) is 4. The molecule has 148 valence electrons. The van der Waals surface area contributed by atoms with Crippen LogP contribution in [0.4, 0.5) is 5.69 Å². The van der Waals surface area contributed by atoms with Gasteiger partial charge in [0.25, 0.3) is 11.8 Å². The lowest BCUT2D eigenvalue weighted by Gasteiger charge is -2.33. The zero-order chi connectivity index (χ0) is 20.4. The van der Waals surface area contributed by atoms with Crippen molar-refractivity contribution in [3.8, 4) is 0 Å². The van der Waals surface area contributed by atoms with E-state index in [1.807, 2.05) is 18.2 Å². The number of pyridine rings is 1. The fourth-order valence-electron chi connectivity index (χ4n) is 3.43. The highest BCUT2D eigenvalue weighted by atomic mass is 16.2. The van der Waals surface area contributed by atoms with E-state index in [9.17, 15) is 14.4 Å². The van der Waals surface area contributed by atoms with E-state index in [1.165, 1.54) is 6.92 Å². The first-order chi connectivity index (χ1) is 14.0. The molecule has 8 nitrogen and oxygen atoms in total. The third kappa shape index (κ3) is 3.69. The molecule has 1 aliphatic rings. The van der Waals surface area contributed by atoms with Crippen LogP contribution in [0, 0.1) is 0 Å². The van der Waals surface area contributed by atoms with Crippen LogP contribution < -0.4 is 5.32 Å². The van der Waals surface area contributed by atoms with Crippen LogP contribution >= 0.6 is 0 Å². The smallest absolute Gasteiger partial charge is 0.290 e. The maximum absolute atomic E-state index is 13.1. The van der Waals surface area contributed by atoms with E-state index < -0.39 is 0 Å². The van der Waals surface area contributed by atoms with Crippen molar-refractivity contribution < 1.29 is 14.4 Å². The summed E-state index contributed by atoms with van der Waals surface area (Å²) in [5, 5.41) is 2.82. The summed E-state index contributed by atoms with van der Waals surface area (Å²) in [6.45, 7) is 3.38. The zero-order valence-electron chi connectivity index (χ0n) is 16.0. The van der Waals surface area contributed by atoms with Gasteiger partial charge in [0.1, 0.15) is 0 Å². The van der Waals surface area contributed by atoms with Crippen LogP contribution in [0.5, 0.6) is 0 Å². The Bertz CT molecular complexity index is 1070. The molecule has 1 saturated heterocycles. The minimum absolute atomic E-state index is 0.00299. The van der Waals surface area contributed by atoms with Crippen LogP contribution in [-0.4, -0.2) is 63.1 Å². The summed E-state index contributed by atoms with van der Waals surface area (Å²) in [7, 11) is 0. The third-order valence-corrected chi connectivity index (χ3v) is 5.00. The summed E-state index contributed by atoms with van der Waals surface area (Å²) in [5.74, 6) is -0.438. The van der Waals surface area contributed by atoms with Crippen molar-refractivity contribution in [1.82, 2.24) is 19.2 Å². The molecule has 1 aliphatic heterocycles. The summed E-state index contributed by atoms with van der Waals surface area (Å²) < 4.78 is 1.64. The minimum atomic E-state index is -0.375. The first-order valence-corrected chi connectivity index (χ1v) is 9.43. The number of para-hydroxylation sites is 1. The lowest BCUT2D eigenvalue weighted by atomic mass is 10.3. The summed E-state index contributed by atoms with van der Waals surface area (Å²) in [4.78, 5) is 45.2. The van der Waals surface area contributed by atoms with E-state index in [4.69, 9.17) is 0 Å². The number of fused-ring (bicyclic) bond motifs is 1. The first kappa shape index (κ1) is 18.7. The second-order valence-electron chi connectivity index (χ2n) is 6.86. The summed E-state index contributed by atoms with van der Waals surface area (Å²) in [6, 6.07) is 14.5. The molecule has 0 bridgehead atoms. The number of carbonyl (C=O) groups is 3. The van der Waals surface area contributed by atoms with Crippen molar-refractivity contribution in [3.05, 3.63) is 66.2 Å². The Morgan fingerprint density at radius 1 is 0.897 bits per heavy atom. The van der Waals surface area contributed by atoms with Gasteiger partial charge in [-0.05, 0) is 24.3 Å². The summed E-state index contributed by atoms with van der Waals surface area (Å²) in [6.07, 6.45) is 1.72. The largest absolute Gasteiger partial charge is 0.339 e. The van der Waals surface area contributed by atoms with E-state index in [1.54, 1.807) is 50.7 Å². The zero-order valence-corrected chi connectivity index (χ0v) is 16.0. The molecule has 4 rings (SSSR count). The molecule has 1 N–H and O–H groups in total. The van der Waals surface area contributed by atoms with Gasteiger partial charge in [0.15, 0.2) is 5.69 Å². The average molecular weight is 391 g/mol. The fraction of sp³-hybridized carbons (Fsp3) is 0.238. The van der Waals surface area contributed by atoms with Gasteiger partial charge in [-0.1, -0.05) is 24.3 Å². The van der Waals surface area contributed by atoms with Crippen molar-refractivity contribution in [2.24, 2.45) is 0 Å². The van der Waals surface area contributed by atoms with E-state index in [0.717, 1.165) is 0 Å². The van der Waals surface area contributed by atoms with Crippen LogP contribution in [-0.2, 0) is 4.79 Å². The standard InChI is InChI=1S/C21H21N5O3/c1-15(27)24-11-13-25(14-12-24)21(29)19-23-18(17-9-5-6-10-26(17)19)20(28)22-16-7-3-2-4-8-16/h2-10H,11-14H2,1H3,(H,22,28). The van der Waals surface area contributed by atoms with Crippen LogP contribution in [0.1, 0.15) is 28.0 Å². The number of rotatable bonds is 3.